The average molecular weight is 230 g/mol. The van der Waals surface area contributed by atoms with Gasteiger partial charge in [0.05, 0.1) is 6.61 Å². The number of alkyl halides is 3. The Balaban J connectivity index is 4.45. The standard InChI is InChI=1S/C7H9F3O3S/c1-3-13-6(12)5(4(2)11)14-7(8,9)10/h5H,3H2,1-2H3. The van der Waals surface area contributed by atoms with Crippen LogP contribution in [-0.2, 0) is 14.3 Å². The first-order valence-corrected chi connectivity index (χ1v) is 4.57. The van der Waals surface area contributed by atoms with E-state index < -0.39 is 34.3 Å². The fourth-order valence-corrected chi connectivity index (χ4v) is 1.25. The summed E-state index contributed by atoms with van der Waals surface area (Å²) in [6.07, 6.45) is 0. The predicted octanol–water partition coefficient (Wildman–Crippen LogP) is 1.76. The van der Waals surface area contributed by atoms with Gasteiger partial charge in [-0.05, 0) is 25.6 Å². The van der Waals surface area contributed by atoms with Crippen molar-refractivity contribution >= 4 is 23.5 Å². The van der Waals surface area contributed by atoms with Gasteiger partial charge >= 0.3 is 11.5 Å². The van der Waals surface area contributed by atoms with Crippen molar-refractivity contribution < 1.29 is 27.5 Å². The number of carbonyl (C=O) groups is 2. The Hall–Kier alpha value is -0.720. The van der Waals surface area contributed by atoms with Crippen molar-refractivity contribution in [2.75, 3.05) is 6.61 Å². The van der Waals surface area contributed by atoms with E-state index in [0.29, 0.717) is 0 Å². The maximum atomic E-state index is 11.9. The normalized spacial score (nSPS) is 13.5. The lowest BCUT2D eigenvalue weighted by molar-refractivity contribution is -0.144. The first-order valence-electron chi connectivity index (χ1n) is 3.69. The minimum Gasteiger partial charge on any atom is -0.465 e. The van der Waals surface area contributed by atoms with Crippen LogP contribution in [0.25, 0.3) is 0 Å². The molecule has 0 spiro atoms. The van der Waals surface area contributed by atoms with E-state index in [1.165, 1.54) is 6.92 Å². The first-order chi connectivity index (χ1) is 6.28. The van der Waals surface area contributed by atoms with Crippen LogP contribution in [0.4, 0.5) is 13.2 Å². The van der Waals surface area contributed by atoms with Gasteiger partial charge in [0.15, 0.2) is 11.0 Å². The molecular formula is C7H9F3O3S. The molecule has 0 aromatic carbocycles. The third-order valence-corrected chi connectivity index (χ3v) is 2.15. The third-order valence-electron chi connectivity index (χ3n) is 1.12. The van der Waals surface area contributed by atoms with Crippen molar-refractivity contribution in [3.8, 4) is 0 Å². The van der Waals surface area contributed by atoms with E-state index in [1.54, 1.807) is 0 Å². The van der Waals surface area contributed by atoms with Crippen LogP contribution in [0.2, 0.25) is 0 Å². The number of carbonyl (C=O) groups excluding carboxylic acids is 2. The molecule has 0 aliphatic heterocycles. The molecule has 14 heavy (non-hydrogen) atoms. The summed E-state index contributed by atoms with van der Waals surface area (Å²) < 4.78 is 39.9. The second-order valence-corrected chi connectivity index (χ2v) is 3.48. The highest BCUT2D eigenvalue weighted by atomic mass is 32.2. The van der Waals surface area contributed by atoms with Gasteiger partial charge in [-0.3, -0.25) is 9.59 Å². The Kier molecular flexibility index (Phi) is 4.96. The summed E-state index contributed by atoms with van der Waals surface area (Å²) in [5.74, 6) is -2.02. The van der Waals surface area contributed by atoms with Crippen molar-refractivity contribution in [1.29, 1.82) is 0 Å². The number of thioether (sulfide) groups is 1. The minimum absolute atomic E-state index is 0.0545. The van der Waals surface area contributed by atoms with E-state index in [-0.39, 0.29) is 6.61 Å². The maximum Gasteiger partial charge on any atom is 0.443 e. The van der Waals surface area contributed by atoms with Gasteiger partial charge in [-0.2, -0.15) is 13.2 Å². The lowest BCUT2D eigenvalue weighted by Crippen LogP contribution is -2.30. The molecule has 0 N–H and O–H groups in total. The number of hydrogen-bond acceptors (Lipinski definition) is 4. The summed E-state index contributed by atoms with van der Waals surface area (Å²) in [4.78, 5) is 21.6. The molecule has 1 unspecified atom stereocenters. The highest BCUT2D eigenvalue weighted by Gasteiger charge is 2.39. The monoisotopic (exact) mass is 230 g/mol. The molecule has 0 heterocycles. The Morgan fingerprint density at radius 1 is 1.43 bits per heavy atom. The lowest BCUT2D eigenvalue weighted by atomic mass is 10.3. The molecule has 0 bridgehead atoms. The zero-order valence-corrected chi connectivity index (χ0v) is 8.37. The highest BCUT2D eigenvalue weighted by molar-refractivity contribution is 8.02. The molecule has 0 rings (SSSR count). The van der Waals surface area contributed by atoms with Crippen LogP contribution in [0.15, 0.2) is 0 Å². The van der Waals surface area contributed by atoms with Gasteiger partial charge in [0.2, 0.25) is 0 Å². The van der Waals surface area contributed by atoms with E-state index >= 15 is 0 Å². The third kappa shape index (κ3) is 5.11. The summed E-state index contributed by atoms with van der Waals surface area (Å²) >= 11 is -0.666. The largest absolute Gasteiger partial charge is 0.465 e. The molecule has 0 aliphatic carbocycles. The number of esters is 1. The topological polar surface area (TPSA) is 43.4 Å². The number of hydrogen-bond donors (Lipinski definition) is 0. The zero-order chi connectivity index (χ0) is 11.4. The SMILES string of the molecule is CCOC(=O)C(SC(F)(F)F)C(C)=O. The van der Waals surface area contributed by atoms with Crippen LogP contribution < -0.4 is 0 Å². The van der Waals surface area contributed by atoms with Crippen molar-refractivity contribution in [3.63, 3.8) is 0 Å². The molecule has 0 saturated carbocycles. The van der Waals surface area contributed by atoms with E-state index in [9.17, 15) is 22.8 Å². The van der Waals surface area contributed by atoms with E-state index in [2.05, 4.69) is 4.74 Å². The van der Waals surface area contributed by atoms with Gasteiger partial charge < -0.3 is 4.74 Å². The smallest absolute Gasteiger partial charge is 0.443 e. The van der Waals surface area contributed by atoms with Gasteiger partial charge in [-0.15, -0.1) is 0 Å². The fraction of sp³-hybridized carbons (Fsp3) is 0.714. The van der Waals surface area contributed by atoms with Gasteiger partial charge in [0.1, 0.15) is 0 Å². The van der Waals surface area contributed by atoms with Gasteiger partial charge in [0.25, 0.3) is 0 Å². The van der Waals surface area contributed by atoms with Crippen LogP contribution in [0.1, 0.15) is 13.8 Å². The van der Waals surface area contributed by atoms with E-state index in [1.807, 2.05) is 0 Å². The van der Waals surface area contributed by atoms with Crippen LogP contribution in [0.5, 0.6) is 0 Å². The molecule has 82 valence electrons. The molecular weight excluding hydrogens is 221 g/mol. The molecule has 0 saturated heterocycles. The summed E-state index contributed by atoms with van der Waals surface area (Å²) in [6.45, 7) is 2.31. The van der Waals surface area contributed by atoms with Crippen LogP contribution in [0, 0.1) is 0 Å². The second-order valence-electron chi connectivity index (χ2n) is 2.31. The Bertz CT molecular complexity index is 227. The molecule has 7 heteroatoms. The first kappa shape index (κ1) is 13.3. The summed E-state index contributed by atoms with van der Waals surface area (Å²) in [7, 11) is 0. The van der Waals surface area contributed by atoms with Crippen LogP contribution in [0.3, 0.4) is 0 Å². The lowest BCUT2D eigenvalue weighted by Gasteiger charge is -2.13. The van der Waals surface area contributed by atoms with Crippen molar-refractivity contribution in [3.05, 3.63) is 0 Å². The number of Topliss-reactive ketones (excluding diaryl/α,β-unsaturated/α-hetero) is 1. The molecule has 0 aromatic rings. The number of ketones is 1. The van der Waals surface area contributed by atoms with Gasteiger partial charge in [-0.1, -0.05) is 0 Å². The molecule has 0 fully saturated rings. The van der Waals surface area contributed by atoms with Gasteiger partial charge in [0, 0.05) is 0 Å². The highest BCUT2D eigenvalue weighted by Crippen LogP contribution is 2.34. The molecule has 3 nitrogen and oxygen atoms in total. The van der Waals surface area contributed by atoms with E-state index in [4.69, 9.17) is 0 Å². The second kappa shape index (κ2) is 5.23. The molecule has 0 radical (unpaired) electrons. The van der Waals surface area contributed by atoms with Crippen LogP contribution in [-0.4, -0.2) is 29.1 Å². The van der Waals surface area contributed by atoms with Crippen molar-refractivity contribution in [1.82, 2.24) is 0 Å². The molecule has 1 atom stereocenters. The molecule has 0 aliphatic rings. The Morgan fingerprint density at radius 2 is 1.93 bits per heavy atom. The van der Waals surface area contributed by atoms with Crippen molar-refractivity contribution in [2.45, 2.75) is 24.6 Å². The Morgan fingerprint density at radius 3 is 2.21 bits per heavy atom. The number of halogens is 3. The quantitative estimate of drug-likeness (QED) is 0.545. The minimum atomic E-state index is -4.62. The fourth-order valence-electron chi connectivity index (χ4n) is 0.649. The van der Waals surface area contributed by atoms with Crippen molar-refractivity contribution in [2.24, 2.45) is 0 Å². The predicted molar refractivity (Wildman–Crippen MR) is 44.7 cm³/mol. The molecule has 0 aromatic heterocycles. The average Bonchev–Trinajstić information content (AvgIpc) is 1.98. The maximum absolute atomic E-state index is 11.9. The van der Waals surface area contributed by atoms with Crippen LogP contribution >= 0.6 is 11.8 Å². The number of ether oxygens (including phenoxy) is 1. The van der Waals surface area contributed by atoms with Gasteiger partial charge in [-0.25, -0.2) is 0 Å². The summed E-state index contributed by atoms with van der Waals surface area (Å²) in [6, 6.07) is 0. The molecule has 0 amide bonds. The number of rotatable bonds is 4. The summed E-state index contributed by atoms with van der Waals surface area (Å²) in [5, 5.41) is -1.81. The Labute approximate surface area is 83.0 Å². The zero-order valence-electron chi connectivity index (χ0n) is 7.55. The summed E-state index contributed by atoms with van der Waals surface area (Å²) in [5.41, 5.74) is -4.62. The van der Waals surface area contributed by atoms with E-state index in [0.717, 1.165) is 6.92 Å².